The van der Waals surface area contributed by atoms with Gasteiger partial charge in [0.05, 0.1) is 0 Å². The van der Waals surface area contributed by atoms with Gasteiger partial charge >= 0.3 is 3.31 Å². The third-order valence-electron chi connectivity index (χ3n) is 0.767. The first-order valence-corrected chi connectivity index (χ1v) is 11.0. The molecule has 8 heavy (non-hydrogen) atoms. The van der Waals surface area contributed by atoms with Gasteiger partial charge in [-0.25, -0.2) is 0 Å². The Bertz CT molecular complexity index is 67.1. The molecular weight excluding hydrogens is 346 g/mol. The van der Waals surface area contributed by atoms with Crippen LogP contribution in [-0.2, 0) is 4.43 Å². The van der Waals surface area contributed by atoms with Crippen LogP contribution in [-0.4, -0.2) is 9.92 Å². The fourth-order valence-corrected chi connectivity index (χ4v) is 2.81. The molecule has 0 fully saturated rings. The van der Waals surface area contributed by atoms with Gasteiger partial charge in [-0.3, -0.25) is 0 Å². The van der Waals surface area contributed by atoms with E-state index in [-0.39, 0.29) is 0 Å². The van der Waals surface area contributed by atoms with Crippen molar-refractivity contribution in [1.29, 1.82) is 0 Å². The Labute approximate surface area is 77.1 Å². The van der Waals surface area contributed by atoms with Crippen molar-refractivity contribution in [2.24, 2.45) is 0 Å². The van der Waals surface area contributed by atoms with Gasteiger partial charge in [0.2, 0.25) is 0 Å². The van der Waals surface area contributed by atoms with Crippen LogP contribution in [0.15, 0.2) is 0 Å². The molecule has 0 bridgehead atoms. The standard InChI is InChI=1S/C4H10I2OSi/c1-3-7-8(5,6)4-2/h3-4H2,1-2H3. The first-order valence-electron chi connectivity index (χ1n) is 2.64. The Balaban J connectivity index is 3.37. The molecule has 50 valence electrons. The van der Waals surface area contributed by atoms with E-state index in [4.69, 9.17) is 4.43 Å². The highest BCUT2D eigenvalue weighted by atomic mass is 127. The number of hydrogen-bond acceptors (Lipinski definition) is 1. The SMILES string of the molecule is CCO[Si](I)(I)CC. The summed E-state index contributed by atoms with van der Waals surface area (Å²) in [6.07, 6.45) is 0. The van der Waals surface area contributed by atoms with Crippen LogP contribution >= 0.6 is 43.6 Å². The van der Waals surface area contributed by atoms with E-state index in [0.717, 1.165) is 6.61 Å². The second-order valence-corrected chi connectivity index (χ2v) is 20.3. The zero-order valence-electron chi connectivity index (χ0n) is 5.08. The van der Waals surface area contributed by atoms with E-state index in [1.54, 1.807) is 0 Å². The van der Waals surface area contributed by atoms with Crippen LogP contribution in [0.4, 0.5) is 0 Å². The van der Waals surface area contributed by atoms with Crippen LogP contribution in [0.3, 0.4) is 0 Å². The smallest absolute Gasteiger partial charge is 0.325 e. The molecular formula is C4H10I2OSi. The van der Waals surface area contributed by atoms with E-state index in [2.05, 4.69) is 57.4 Å². The number of halogens is 2. The summed E-state index contributed by atoms with van der Waals surface area (Å²) in [4.78, 5) is 0. The summed E-state index contributed by atoms with van der Waals surface area (Å²) in [5.41, 5.74) is 0. The van der Waals surface area contributed by atoms with Crippen LogP contribution < -0.4 is 0 Å². The topological polar surface area (TPSA) is 9.23 Å². The molecule has 0 saturated heterocycles. The number of hydrogen-bond donors (Lipinski definition) is 0. The lowest BCUT2D eigenvalue weighted by atomic mass is 10.9. The zero-order chi connectivity index (χ0) is 6.62. The summed E-state index contributed by atoms with van der Waals surface area (Å²) >= 11 is 4.89. The van der Waals surface area contributed by atoms with E-state index in [1.807, 2.05) is 0 Å². The zero-order valence-corrected chi connectivity index (χ0v) is 10.4. The van der Waals surface area contributed by atoms with Crippen LogP contribution in [0.25, 0.3) is 0 Å². The second-order valence-electron chi connectivity index (χ2n) is 1.42. The maximum atomic E-state index is 5.49. The minimum atomic E-state index is -1.24. The van der Waals surface area contributed by atoms with Crippen molar-refractivity contribution >= 4 is 46.9 Å². The molecule has 0 rings (SSSR count). The van der Waals surface area contributed by atoms with Crippen molar-refractivity contribution < 1.29 is 4.43 Å². The summed E-state index contributed by atoms with van der Waals surface area (Å²) in [5, 5.41) is 0. The van der Waals surface area contributed by atoms with Crippen LogP contribution in [0, 0.1) is 0 Å². The summed E-state index contributed by atoms with van der Waals surface area (Å²) in [7, 11) is 0. The van der Waals surface area contributed by atoms with Gasteiger partial charge in [-0.15, -0.1) is 0 Å². The molecule has 0 aliphatic rings. The Hall–Kier alpha value is 1.64. The highest BCUT2D eigenvalue weighted by Gasteiger charge is 2.23. The molecule has 0 saturated carbocycles. The molecule has 0 atom stereocenters. The Morgan fingerprint density at radius 1 is 1.38 bits per heavy atom. The van der Waals surface area contributed by atoms with Crippen molar-refractivity contribution in [3.05, 3.63) is 0 Å². The maximum absolute atomic E-state index is 5.49. The Morgan fingerprint density at radius 3 is 2.00 bits per heavy atom. The lowest BCUT2D eigenvalue weighted by molar-refractivity contribution is 0.356. The van der Waals surface area contributed by atoms with Gasteiger partial charge in [-0.1, -0.05) is 50.5 Å². The minimum Gasteiger partial charge on any atom is -0.400 e. The van der Waals surface area contributed by atoms with E-state index in [0.29, 0.717) is 0 Å². The Morgan fingerprint density at radius 2 is 1.88 bits per heavy atom. The van der Waals surface area contributed by atoms with Crippen LogP contribution in [0.1, 0.15) is 13.8 Å². The van der Waals surface area contributed by atoms with Gasteiger partial charge in [-0.05, 0) is 13.0 Å². The fourth-order valence-electron chi connectivity index (χ4n) is 0.313. The lowest BCUT2D eigenvalue weighted by Crippen LogP contribution is -2.20. The molecule has 0 N–H and O–H groups in total. The molecule has 0 aromatic heterocycles. The molecule has 0 radical (unpaired) electrons. The van der Waals surface area contributed by atoms with Crippen molar-refractivity contribution in [3.63, 3.8) is 0 Å². The summed E-state index contributed by atoms with van der Waals surface area (Å²) in [6, 6.07) is 1.20. The van der Waals surface area contributed by atoms with Crippen LogP contribution in [0.5, 0.6) is 0 Å². The van der Waals surface area contributed by atoms with Crippen molar-refractivity contribution in [2.45, 2.75) is 19.9 Å². The molecule has 0 aliphatic heterocycles. The summed E-state index contributed by atoms with van der Waals surface area (Å²) < 4.78 is 4.25. The van der Waals surface area contributed by atoms with Crippen molar-refractivity contribution in [1.82, 2.24) is 0 Å². The normalized spacial score (nSPS) is 12.0. The van der Waals surface area contributed by atoms with E-state index < -0.39 is 3.31 Å². The first kappa shape index (κ1) is 9.64. The average Bonchev–Trinajstić information content (AvgIpc) is 1.67. The molecule has 1 nitrogen and oxygen atoms in total. The maximum Gasteiger partial charge on any atom is 0.325 e. The van der Waals surface area contributed by atoms with E-state index in [9.17, 15) is 0 Å². The molecule has 4 heteroatoms. The predicted molar refractivity (Wildman–Crippen MR) is 55.9 cm³/mol. The monoisotopic (exact) mass is 356 g/mol. The molecule has 0 heterocycles. The molecule has 0 spiro atoms. The third-order valence-corrected chi connectivity index (χ3v) is 8.75. The van der Waals surface area contributed by atoms with Gasteiger partial charge in [0, 0.05) is 6.61 Å². The highest BCUT2D eigenvalue weighted by molar-refractivity contribution is 14.3. The summed E-state index contributed by atoms with van der Waals surface area (Å²) in [6.45, 7) is 5.10. The Kier molecular flexibility index (Phi) is 5.36. The highest BCUT2D eigenvalue weighted by Crippen LogP contribution is 2.26. The van der Waals surface area contributed by atoms with Crippen molar-refractivity contribution in [2.75, 3.05) is 6.61 Å². The van der Waals surface area contributed by atoms with Gasteiger partial charge < -0.3 is 4.43 Å². The fraction of sp³-hybridized carbons (Fsp3) is 1.00. The van der Waals surface area contributed by atoms with Gasteiger partial charge in [0.15, 0.2) is 0 Å². The molecule has 0 aromatic rings. The lowest BCUT2D eigenvalue weighted by Gasteiger charge is -2.13. The number of rotatable bonds is 3. The molecule has 0 unspecified atom stereocenters. The van der Waals surface area contributed by atoms with E-state index >= 15 is 0 Å². The molecule has 0 aromatic carbocycles. The molecule has 0 aliphatic carbocycles. The van der Waals surface area contributed by atoms with Gasteiger partial charge in [-0.2, -0.15) is 0 Å². The second kappa shape index (κ2) is 4.45. The largest absolute Gasteiger partial charge is 0.400 e. The molecule has 0 amide bonds. The minimum absolute atomic E-state index is 0.867. The van der Waals surface area contributed by atoms with E-state index in [1.165, 1.54) is 6.04 Å². The quantitative estimate of drug-likeness (QED) is 0.429. The predicted octanol–water partition coefficient (Wildman–Crippen LogP) is 2.85. The van der Waals surface area contributed by atoms with Crippen LogP contribution in [0.2, 0.25) is 6.04 Å². The average molecular weight is 356 g/mol. The van der Waals surface area contributed by atoms with Crippen molar-refractivity contribution in [3.8, 4) is 0 Å². The van der Waals surface area contributed by atoms with Gasteiger partial charge in [0.1, 0.15) is 0 Å². The first-order chi connectivity index (χ1) is 3.62. The third kappa shape index (κ3) is 4.51. The van der Waals surface area contributed by atoms with Gasteiger partial charge in [0.25, 0.3) is 0 Å². The summed E-state index contributed by atoms with van der Waals surface area (Å²) in [5.74, 6) is 0.